The van der Waals surface area contributed by atoms with Crippen LogP contribution in [-0.2, 0) is 17.7 Å². The number of hydrogen-bond acceptors (Lipinski definition) is 4. The number of fused-ring (bicyclic) bond motifs is 1. The number of nitrogens with one attached hydrogen (secondary N) is 2. The third-order valence-corrected chi connectivity index (χ3v) is 5.48. The minimum Gasteiger partial charge on any atom is -0.493 e. The van der Waals surface area contributed by atoms with E-state index in [9.17, 15) is 0 Å². The lowest BCUT2D eigenvalue weighted by atomic mass is 10.1. The Balaban J connectivity index is 1.28. The van der Waals surface area contributed by atoms with Crippen LogP contribution in [0.1, 0.15) is 23.2 Å². The predicted octanol–water partition coefficient (Wildman–Crippen LogP) is 2.97. The highest BCUT2D eigenvalue weighted by Gasteiger charge is 2.17. The second-order valence-corrected chi connectivity index (χ2v) is 7.95. The van der Waals surface area contributed by atoms with E-state index in [1.165, 1.54) is 5.56 Å². The average molecular weight is 422 g/mol. The molecule has 0 saturated carbocycles. The highest BCUT2D eigenvalue weighted by Crippen LogP contribution is 2.22. The number of nitrogens with zero attached hydrogens (tertiary/aromatic N) is 3. The fourth-order valence-electron chi connectivity index (χ4n) is 3.68. The molecule has 3 aromatic rings. The molecule has 2 aromatic heterocycles. The van der Waals surface area contributed by atoms with Gasteiger partial charge in [0.15, 0.2) is 5.96 Å². The Bertz CT molecular complexity index is 991. The number of aliphatic imine (C=N–C) groups is 1. The maximum atomic E-state index is 6.14. The highest BCUT2D eigenvalue weighted by atomic mass is 16.5. The third kappa shape index (κ3) is 5.76. The van der Waals surface area contributed by atoms with Crippen LogP contribution in [0.25, 0.3) is 5.65 Å². The summed E-state index contributed by atoms with van der Waals surface area (Å²) in [5.41, 5.74) is 4.33. The van der Waals surface area contributed by atoms with Gasteiger partial charge in [-0.15, -0.1) is 0 Å². The van der Waals surface area contributed by atoms with Gasteiger partial charge < -0.3 is 24.5 Å². The first-order valence-electron chi connectivity index (χ1n) is 10.9. The molecule has 0 aliphatic carbocycles. The molecule has 164 valence electrons. The van der Waals surface area contributed by atoms with Crippen molar-refractivity contribution in [2.24, 2.45) is 10.9 Å². The van der Waals surface area contributed by atoms with E-state index in [2.05, 4.69) is 51.9 Å². The Morgan fingerprint density at radius 2 is 2.23 bits per heavy atom. The lowest BCUT2D eigenvalue weighted by Crippen LogP contribution is -2.38. The maximum absolute atomic E-state index is 6.14. The molecule has 0 spiro atoms. The summed E-state index contributed by atoms with van der Waals surface area (Å²) in [6, 6.07) is 12.4. The van der Waals surface area contributed by atoms with Crippen molar-refractivity contribution in [3.63, 3.8) is 0 Å². The largest absolute Gasteiger partial charge is 0.493 e. The molecule has 1 atom stereocenters. The molecule has 4 rings (SSSR count). The first-order chi connectivity index (χ1) is 15.2. The van der Waals surface area contributed by atoms with Crippen LogP contribution >= 0.6 is 0 Å². The fourth-order valence-corrected chi connectivity index (χ4v) is 3.68. The molecule has 0 amide bonds. The number of rotatable bonds is 8. The number of pyridine rings is 1. The predicted molar refractivity (Wildman–Crippen MR) is 123 cm³/mol. The van der Waals surface area contributed by atoms with Gasteiger partial charge in [0.1, 0.15) is 11.4 Å². The van der Waals surface area contributed by atoms with Crippen LogP contribution in [0.4, 0.5) is 0 Å². The van der Waals surface area contributed by atoms with Gasteiger partial charge in [0.2, 0.25) is 0 Å². The van der Waals surface area contributed by atoms with Gasteiger partial charge in [-0.25, -0.2) is 4.98 Å². The molecule has 1 aliphatic rings. The fraction of sp³-hybridized carbons (Fsp3) is 0.417. The van der Waals surface area contributed by atoms with Crippen molar-refractivity contribution >= 4 is 11.6 Å². The summed E-state index contributed by atoms with van der Waals surface area (Å²) in [5, 5.41) is 6.77. The molecular weight excluding hydrogens is 390 g/mol. The van der Waals surface area contributed by atoms with Gasteiger partial charge in [0.05, 0.1) is 18.9 Å². The summed E-state index contributed by atoms with van der Waals surface area (Å²) < 4.78 is 13.6. The Hall–Kier alpha value is -3.06. The number of guanidine groups is 1. The normalized spacial score (nSPS) is 16.6. The molecule has 0 bridgehead atoms. The Kier molecular flexibility index (Phi) is 7.04. The van der Waals surface area contributed by atoms with Crippen molar-refractivity contribution < 1.29 is 9.47 Å². The van der Waals surface area contributed by atoms with Gasteiger partial charge in [0.25, 0.3) is 0 Å². The van der Waals surface area contributed by atoms with Crippen LogP contribution < -0.4 is 15.4 Å². The van der Waals surface area contributed by atoms with Crippen LogP contribution in [0, 0.1) is 12.8 Å². The number of aromatic nitrogens is 2. The first-order valence-corrected chi connectivity index (χ1v) is 10.9. The summed E-state index contributed by atoms with van der Waals surface area (Å²) in [4.78, 5) is 8.98. The second kappa shape index (κ2) is 10.3. The minimum atomic E-state index is 0.482. The van der Waals surface area contributed by atoms with E-state index in [-0.39, 0.29) is 0 Å². The molecule has 7 heteroatoms. The molecule has 1 aliphatic heterocycles. The standard InChI is InChI=1S/C24H31N5O2/c1-18-6-7-20(22(13-18)31-17-19-9-12-30-16-19)14-27-24(25-2)26-10-8-21-15-29-11-4-3-5-23(29)28-21/h3-7,11,13,15,19H,8-10,12,14,16-17H2,1-2H3,(H2,25,26,27). The molecular formula is C24H31N5O2. The summed E-state index contributed by atoms with van der Waals surface area (Å²) in [6.07, 6.45) is 5.98. The summed E-state index contributed by atoms with van der Waals surface area (Å²) in [7, 11) is 1.78. The van der Waals surface area contributed by atoms with E-state index in [1.54, 1.807) is 7.05 Å². The monoisotopic (exact) mass is 421 g/mol. The molecule has 31 heavy (non-hydrogen) atoms. The zero-order valence-corrected chi connectivity index (χ0v) is 18.3. The van der Waals surface area contributed by atoms with E-state index in [0.717, 1.165) is 61.2 Å². The number of aryl methyl sites for hydroxylation is 1. The number of hydrogen-bond donors (Lipinski definition) is 2. The molecule has 0 radical (unpaired) electrons. The SMILES string of the molecule is CN=C(NCCc1cn2ccccc2n1)NCc1ccc(C)cc1OCC1CCOC1. The Morgan fingerprint density at radius 3 is 3.03 bits per heavy atom. The molecule has 3 heterocycles. The lowest BCUT2D eigenvalue weighted by Gasteiger charge is -2.17. The average Bonchev–Trinajstić information content (AvgIpc) is 3.45. The smallest absolute Gasteiger partial charge is 0.191 e. The molecule has 2 N–H and O–H groups in total. The van der Waals surface area contributed by atoms with Crippen molar-refractivity contribution in [2.75, 3.05) is 33.4 Å². The van der Waals surface area contributed by atoms with Gasteiger partial charge in [-0.1, -0.05) is 18.2 Å². The third-order valence-electron chi connectivity index (χ3n) is 5.48. The van der Waals surface area contributed by atoms with Crippen LogP contribution in [0.15, 0.2) is 53.8 Å². The zero-order valence-electron chi connectivity index (χ0n) is 18.3. The van der Waals surface area contributed by atoms with E-state index in [0.29, 0.717) is 19.1 Å². The van der Waals surface area contributed by atoms with Crippen molar-refractivity contribution in [1.82, 2.24) is 20.0 Å². The van der Waals surface area contributed by atoms with E-state index in [4.69, 9.17) is 9.47 Å². The van der Waals surface area contributed by atoms with E-state index in [1.807, 2.05) is 28.8 Å². The summed E-state index contributed by atoms with van der Waals surface area (Å²) in [5.74, 6) is 2.18. The number of ether oxygens (including phenoxy) is 2. The maximum Gasteiger partial charge on any atom is 0.191 e. The molecule has 1 unspecified atom stereocenters. The van der Waals surface area contributed by atoms with Crippen LogP contribution in [0.3, 0.4) is 0 Å². The van der Waals surface area contributed by atoms with Gasteiger partial charge >= 0.3 is 0 Å². The van der Waals surface area contributed by atoms with Crippen molar-refractivity contribution in [2.45, 2.75) is 26.3 Å². The quantitative estimate of drug-likeness (QED) is 0.432. The highest BCUT2D eigenvalue weighted by molar-refractivity contribution is 5.79. The molecule has 1 aromatic carbocycles. The molecule has 1 fully saturated rings. The van der Waals surface area contributed by atoms with Gasteiger partial charge in [0, 0.05) is 57.0 Å². The van der Waals surface area contributed by atoms with Gasteiger partial charge in [-0.3, -0.25) is 4.99 Å². The van der Waals surface area contributed by atoms with Crippen molar-refractivity contribution in [3.05, 3.63) is 65.6 Å². The molecule has 7 nitrogen and oxygen atoms in total. The van der Waals surface area contributed by atoms with E-state index >= 15 is 0 Å². The first kappa shape index (κ1) is 21.2. The lowest BCUT2D eigenvalue weighted by molar-refractivity contribution is 0.166. The van der Waals surface area contributed by atoms with Gasteiger partial charge in [-0.05, 0) is 37.1 Å². The van der Waals surface area contributed by atoms with Crippen molar-refractivity contribution in [1.29, 1.82) is 0 Å². The topological polar surface area (TPSA) is 72.2 Å². The van der Waals surface area contributed by atoms with E-state index < -0.39 is 0 Å². The number of benzene rings is 1. The summed E-state index contributed by atoms with van der Waals surface area (Å²) >= 11 is 0. The summed E-state index contributed by atoms with van der Waals surface area (Å²) in [6.45, 7) is 5.81. The Labute approximate surface area is 183 Å². The Morgan fingerprint density at radius 1 is 1.29 bits per heavy atom. The zero-order chi connectivity index (χ0) is 21.5. The van der Waals surface area contributed by atoms with Crippen molar-refractivity contribution in [3.8, 4) is 5.75 Å². The molecule has 1 saturated heterocycles. The number of imidazole rings is 1. The van der Waals surface area contributed by atoms with Crippen LogP contribution in [-0.4, -0.2) is 48.8 Å². The van der Waals surface area contributed by atoms with Crippen LogP contribution in [0.2, 0.25) is 0 Å². The van der Waals surface area contributed by atoms with Gasteiger partial charge in [-0.2, -0.15) is 0 Å². The second-order valence-electron chi connectivity index (χ2n) is 7.95. The minimum absolute atomic E-state index is 0.482. The van der Waals surface area contributed by atoms with Crippen LogP contribution in [0.5, 0.6) is 5.75 Å².